The molecule has 1 heterocycles. The fourth-order valence-corrected chi connectivity index (χ4v) is 1.83. The second-order valence-electron chi connectivity index (χ2n) is 3.15. The molecule has 0 saturated heterocycles. The number of aromatic amines is 1. The largest absolute Gasteiger partial charge is 0.494 e. The topological polar surface area (TPSA) is 53.1 Å². The van der Waals surface area contributed by atoms with E-state index in [2.05, 4.69) is 4.98 Å². The van der Waals surface area contributed by atoms with Crippen LogP contribution in [0.3, 0.4) is 0 Å². The molecule has 0 saturated carbocycles. The Morgan fingerprint density at radius 3 is 2.86 bits per heavy atom. The highest BCUT2D eigenvalue weighted by Gasteiger charge is 2.11. The highest BCUT2D eigenvalue weighted by Crippen LogP contribution is 2.30. The lowest BCUT2D eigenvalue weighted by Crippen LogP contribution is -1.78. The summed E-state index contributed by atoms with van der Waals surface area (Å²) in [5, 5.41) is 10.6. The van der Waals surface area contributed by atoms with Gasteiger partial charge in [-0.05, 0) is 24.6 Å². The van der Waals surface area contributed by atoms with E-state index in [9.17, 15) is 9.90 Å². The van der Waals surface area contributed by atoms with E-state index in [0.29, 0.717) is 16.7 Å². The smallest absolute Gasteiger partial charge is 0.200 e. The van der Waals surface area contributed by atoms with Crippen LogP contribution in [0, 0.1) is 6.92 Å². The molecule has 14 heavy (non-hydrogen) atoms. The second kappa shape index (κ2) is 3.03. The molecule has 2 rings (SSSR count). The third-order valence-corrected chi connectivity index (χ3v) is 2.43. The van der Waals surface area contributed by atoms with Crippen LogP contribution in [0.5, 0.6) is 5.88 Å². The van der Waals surface area contributed by atoms with Crippen molar-refractivity contribution in [3.05, 3.63) is 28.3 Å². The van der Waals surface area contributed by atoms with Gasteiger partial charge < -0.3 is 10.1 Å². The molecule has 4 heteroatoms. The summed E-state index contributed by atoms with van der Waals surface area (Å²) in [4.78, 5) is 13.4. The number of hydrogen-bond donors (Lipinski definition) is 2. The van der Waals surface area contributed by atoms with Gasteiger partial charge in [0.2, 0.25) is 0 Å². The lowest BCUT2D eigenvalue weighted by atomic mass is 10.1. The number of carbonyl (C=O) groups excluding carboxylic acids is 1. The third-order valence-electron chi connectivity index (χ3n) is 2.21. The number of rotatable bonds is 1. The van der Waals surface area contributed by atoms with Gasteiger partial charge in [0.1, 0.15) is 0 Å². The monoisotopic (exact) mass is 209 g/mol. The van der Waals surface area contributed by atoms with E-state index < -0.39 is 0 Å². The number of aromatic hydroxyl groups is 1. The Morgan fingerprint density at radius 1 is 1.50 bits per heavy atom. The number of hydrogen-bond acceptors (Lipinski definition) is 2. The van der Waals surface area contributed by atoms with Crippen LogP contribution < -0.4 is 0 Å². The summed E-state index contributed by atoms with van der Waals surface area (Å²) < 4.78 is 0. The van der Waals surface area contributed by atoms with Gasteiger partial charge in [-0.1, -0.05) is 11.6 Å². The molecular weight excluding hydrogens is 202 g/mol. The minimum absolute atomic E-state index is 0.111. The third kappa shape index (κ3) is 1.17. The average Bonchev–Trinajstić information content (AvgIpc) is 2.41. The quantitative estimate of drug-likeness (QED) is 0.710. The molecule has 1 aromatic heterocycles. The molecule has 0 aliphatic rings. The van der Waals surface area contributed by atoms with E-state index in [-0.39, 0.29) is 11.4 Å². The van der Waals surface area contributed by atoms with Crippen LogP contribution in [-0.2, 0) is 0 Å². The van der Waals surface area contributed by atoms with Gasteiger partial charge in [-0.25, -0.2) is 0 Å². The first kappa shape index (κ1) is 9.09. The molecule has 0 aliphatic carbocycles. The van der Waals surface area contributed by atoms with Gasteiger partial charge in [-0.3, -0.25) is 4.79 Å². The Balaban J connectivity index is 2.94. The predicted octanol–water partition coefficient (Wildman–Crippen LogP) is 2.65. The minimum atomic E-state index is -0.111. The van der Waals surface area contributed by atoms with Crippen molar-refractivity contribution in [2.45, 2.75) is 6.92 Å². The number of H-pyrrole nitrogens is 1. The molecule has 2 aromatic rings. The maximum Gasteiger partial charge on any atom is 0.200 e. The van der Waals surface area contributed by atoms with Crippen molar-refractivity contribution in [2.75, 3.05) is 0 Å². The average molecular weight is 210 g/mol. The second-order valence-corrected chi connectivity index (χ2v) is 3.59. The van der Waals surface area contributed by atoms with Crippen LogP contribution in [0.25, 0.3) is 10.9 Å². The Kier molecular flexibility index (Phi) is 1.97. The van der Waals surface area contributed by atoms with Crippen molar-refractivity contribution in [1.82, 2.24) is 4.98 Å². The first-order valence-electron chi connectivity index (χ1n) is 4.09. The first-order valence-corrected chi connectivity index (χ1v) is 4.47. The number of aromatic nitrogens is 1. The predicted molar refractivity (Wildman–Crippen MR) is 55.1 cm³/mol. The van der Waals surface area contributed by atoms with Crippen molar-refractivity contribution in [3.63, 3.8) is 0 Å². The molecule has 0 spiro atoms. The van der Waals surface area contributed by atoms with Crippen LogP contribution in [0.4, 0.5) is 0 Å². The number of fused-ring (bicyclic) bond motifs is 1. The summed E-state index contributed by atoms with van der Waals surface area (Å²) in [7, 11) is 0. The van der Waals surface area contributed by atoms with Crippen LogP contribution in [0.1, 0.15) is 15.9 Å². The Hall–Kier alpha value is -1.48. The zero-order valence-electron chi connectivity index (χ0n) is 7.47. The van der Waals surface area contributed by atoms with E-state index in [1.165, 1.54) is 0 Å². The van der Waals surface area contributed by atoms with E-state index >= 15 is 0 Å². The summed E-state index contributed by atoms with van der Waals surface area (Å²) >= 11 is 5.85. The number of benzene rings is 1. The number of halogens is 1. The molecule has 2 N–H and O–H groups in total. The highest BCUT2D eigenvalue weighted by atomic mass is 35.5. The first-order chi connectivity index (χ1) is 6.63. The molecule has 0 unspecified atom stereocenters. The highest BCUT2D eigenvalue weighted by molar-refractivity contribution is 6.31. The van der Waals surface area contributed by atoms with Gasteiger partial charge in [0.05, 0.1) is 11.1 Å². The van der Waals surface area contributed by atoms with Crippen LogP contribution in [0.15, 0.2) is 12.1 Å². The molecule has 3 nitrogen and oxygen atoms in total. The van der Waals surface area contributed by atoms with Gasteiger partial charge in [-0.15, -0.1) is 0 Å². The molecule has 0 fully saturated rings. The number of carbonyl (C=O) groups is 1. The zero-order valence-corrected chi connectivity index (χ0v) is 8.22. The molecule has 72 valence electrons. The number of aryl methyl sites for hydroxylation is 1. The van der Waals surface area contributed by atoms with Gasteiger partial charge in [0.15, 0.2) is 12.2 Å². The molecule has 0 amide bonds. The van der Waals surface area contributed by atoms with Crippen LogP contribution in [0.2, 0.25) is 5.02 Å². The summed E-state index contributed by atoms with van der Waals surface area (Å²) in [6.45, 7) is 1.86. The minimum Gasteiger partial charge on any atom is -0.494 e. The summed E-state index contributed by atoms with van der Waals surface area (Å²) in [5.74, 6) is -0.111. The van der Waals surface area contributed by atoms with E-state index in [1.807, 2.05) is 6.92 Å². The fourth-order valence-electron chi connectivity index (χ4n) is 1.55. The van der Waals surface area contributed by atoms with Gasteiger partial charge in [0, 0.05) is 10.4 Å². The number of nitrogens with one attached hydrogen (secondary N) is 1. The van der Waals surface area contributed by atoms with Crippen molar-refractivity contribution < 1.29 is 9.90 Å². The number of aldehydes is 1. The lowest BCUT2D eigenvalue weighted by Gasteiger charge is -1.96. The van der Waals surface area contributed by atoms with Gasteiger partial charge in [-0.2, -0.15) is 0 Å². The van der Waals surface area contributed by atoms with Crippen LogP contribution >= 0.6 is 11.6 Å². The van der Waals surface area contributed by atoms with E-state index in [0.717, 1.165) is 11.1 Å². The molecule has 0 atom stereocenters. The fraction of sp³-hybridized carbons (Fsp3) is 0.100. The Bertz CT molecular complexity index is 516. The van der Waals surface area contributed by atoms with Crippen molar-refractivity contribution >= 4 is 28.8 Å². The molecule has 0 aliphatic heterocycles. The van der Waals surface area contributed by atoms with E-state index in [1.54, 1.807) is 12.1 Å². The normalized spacial score (nSPS) is 10.7. The van der Waals surface area contributed by atoms with Crippen molar-refractivity contribution in [3.8, 4) is 5.88 Å². The van der Waals surface area contributed by atoms with Crippen molar-refractivity contribution in [1.29, 1.82) is 0 Å². The maximum atomic E-state index is 10.7. The molecule has 1 aromatic carbocycles. The van der Waals surface area contributed by atoms with Gasteiger partial charge in [0.25, 0.3) is 0 Å². The van der Waals surface area contributed by atoms with E-state index in [4.69, 9.17) is 11.6 Å². The molecule has 0 radical (unpaired) electrons. The molecular formula is C10H8ClNO2. The SMILES string of the molecule is Cc1cc(Cl)cc2c(C=O)c(O)[nH]c12. The summed E-state index contributed by atoms with van der Waals surface area (Å²) in [5.41, 5.74) is 1.90. The Labute approximate surface area is 85.3 Å². The summed E-state index contributed by atoms with van der Waals surface area (Å²) in [6, 6.07) is 3.43. The standard InChI is InChI=1S/C10H8ClNO2/c1-5-2-6(11)3-7-8(4-13)10(14)12-9(5)7/h2-4,12,14H,1H3. The van der Waals surface area contributed by atoms with Crippen molar-refractivity contribution in [2.24, 2.45) is 0 Å². The van der Waals surface area contributed by atoms with Crippen LogP contribution in [-0.4, -0.2) is 16.4 Å². The molecule has 0 bridgehead atoms. The van der Waals surface area contributed by atoms with Gasteiger partial charge >= 0.3 is 0 Å². The zero-order chi connectivity index (χ0) is 10.3. The maximum absolute atomic E-state index is 10.7. The summed E-state index contributed by atoms with van der Waals surface area (Å²) in [6.07, 6.45) is 0.615. The Morgan fingerprint density at radius 2 is 2.21 bits per heavy atom. The lowest BCUT2D eigenvalue weighted by molar-refractivity contribution is 0.112.